The molecule has 1 heterocycles. The van der Waals surface area contributed by atoms with E-state index in [0.717, 1.165) is 11.8 Å². The van der Waals surface area contributed by atoms with Crippen molar-refractivity contribution in [2.45, 2.75) is 18.4 Å². The topological polar surface area (TPSA) is 78.3 Å². The van der Waals surface area contributed by atoms with Crippen LogP contribution >= 0.6 is 11.6 Å². The number of sulfone groups is 1. The van der Waals surface area contributed by atoms with Crippen molar-refractivity contribution in [3.8, 4) is 11.4 Å². The Labute approximate surface area is 156 Å². The molecule has 0 spiro atoms. The van der Waals surface area contributed by atoms with Crippen molar-refractivity contribution in [1.29, 1.82) is 0 Å². The van der Waals surface area contributed by atoms with Gasteiger partial charge in [0.2, 0.25) is 0 Å². The molecule has 2 aromatic carbocycles. The zero-order valence-corrected chi connectivity index (χ0v) is 15.8. The molecule has 0 aliphatic heterocycles. The summed E-state index contributed by atoms with van der Waals surface area (Å²) < 4.78 is 30.1. The van der Waals surface area contributed by atoms with Gasteiger partial charge in [0.1, 0.15) is 12.4 Å². The Morgan fingerprint density at radius 3 is 2.50 bits per heavy atom. The minimum atomic E-state index is -3.29. The Hall–Kier alpha value is -2.38. The molecule has 0 aliphatic rings. The summed E-state index contributed by atoms with van der Waals surface area (Å²) >= 11 is 6.05. The highest BCUT2D eigenvalue weighted by atomic mass is 35.5. The molecule has 1 aromatic heterocycles. The fourth-order valence-corrected chi connectivity index (χ4v) is 3.47. The number of ether oxygens (including phenoxy) is 1. The highest BCUT2D eigenvalue weighted by Gasteiger charge is 2.17. The number of hydrogen-bond donors (Lipinski definition) is 0. The molecule has 0 atom stereocenters. The van der Waals surface area contributed by atoms with Crippen LogP contribution in [-0.2, 0) is 25.9 Å². The van der Waals surface area contributed by atoms with Gasteiger partial charge in [-0.1, -0.05) is 11.6 Å². The average Bonchev–Trinajstić information content (AvgIpc) is 2.92. The Bertz CT molecular complexity index is 1070. The van der Waals surface area contributed by atoms with Crippen LogP contribution in [0.3, 0.4) is 0 Å². The molecule has 0 unspecified atom stereocenters. The minimum absolute atomic E-state index is 0.00483. The third-order valence-electron chi connectivity index (χ3n) is 3.84. The molecule has 3 rings (SSSR count). The molecule has 0 radical (unpaired) electrons. The second kappa shape index (κ2) is 7.09. The van der Waals surface area contributed by atoms with E-state index in [9.17, 15) is 13.2 Å². The summed E-state index contributed by atoms with van der Waals surface area (Å²) in [4.78, 5) is 16.8. The molecule has 0 fully saturated rings. The van der Waals surface area contributed by atoms with E-state index in [4.69, 9.17) is 16.3 Å². The lowest BCUT2D eigenvalue weighted by molar-refractivity contribution is -0.143. The summed E-state index contributed by atoms with van der Waals surface area (Å²) in [5.41, 5.74) is 2.07. The number of aromatic nitrogens is 2. The van der Waals surface area contributed by atoms with Crippen molar-refractivity contribution in [2.24, 2.45) is 0 Å². The first kappa shape index (κ1) is 18.4. The van der Waals surface area contributed by atoms with Gasteiger partial charge in [0.15, 0.2) is 9.84 Å². The Morgan fingerprint density at radius 2 is 1.88 bits per heavy atom. The van der Waals surface area contributed by atoms with Crippen LogP contribution in [0, 0.1) is 0 Å². The van der Waals surface area contributed by atoms with Gasteiger partial charge >= 0.3 is 5.97 Å². The summed E-state index contributed by atoms with van der Waals surface area (Å²) in [6, 6.07) is 11.6. The first-order valence-electron chi connectivity index (χ1n) is 7.91. The fraction of sp³-hybridized carbons (Fsp3) is 0.222. The van der Waals surface area contributed by atoms with Crippen molar-refractivity contribution < 1.29 is 17.9 Å². The molecular formula is C18H17ClN2O4S. The van der Waals surface area contributed by atoms with E-state index in [1.54, 1.807) is 41.8 Å². The molecule has 6 nitrogen and oxygen atoms in total. The third-order valence-corrected chi connectivity index (χ3v) is 5.21. The normalized spacial score (nSPS) is 11.7. The Balaban J connectivity index is 2.13. The van der Waals surface area contributed by atoms with Gasteiger partial charge in [-0.25, -0.2) is 13.4 Å². The van der Waals surface area contributed by atoms with Gasteiger partial charge < -0.3 is 9.30 Å². The van der Waals surface area contributed by atoms with Crippen molar-refractivity contribution in [3.05, 3.63) is 47.5 Å². The summed E-state index contributed by atoms with van der Waals surface area (Å²) in [6.07, 6.45) is 1.15. The van der Waals surface area contributed by atoms with Crippen LogP contribution in [0.1, 0.15) is 6.92 Å². The molecule has 0 bridgehead atoms. The van der Waals surface area contributed by atoms with Gasteiger partial charge in [-0.3, -0.25) is 4.79 Å². The van der Waals surface area contributed by atoms with E-state index in [2.05, 4.69) is 4.98 Å². The number of halogens is 1. The highest BCUT2D eigenvalue weighted by Crippen LogP contribution is 2.27. The van der Waals surface area contributed by atoms with Crippen LogP contribution in [0.5, 0.6) is 0 Å². The average molecular weight is 393 g/mol. The van der Waals surface area contributed by atoms with E-state index < -0.39 is 9.84 Å². The second-order valence-corrected chi connectivity index (χ2v) is 8.21. The van der Waals surface area contributed by atoms with E-state index in [1.165, 1.54) is 12.1 Å². The lowest BCUT2D eigenvalue weighted by atomic mass is 10.2. The van der Waals surface area contributed by atoms with Crippen LogP contribution in [-0.4, -0.2) is 36.8 Å². The number of rotatable bonds is 5. The Kier molecular flexibility index (Phi) is 5.02. The van der Waals surface area contributed by atoms with Gasteiger partial charge in [0, 0.05) is 16.8 Å². The van der Waals surface area contributed by atoms with Crippen LogP contribution in [0.4, 0.5) is 0 Å². The number of fused-ring (bicyclic) bond motifs is 1. The lowest BCUT2D eigenvalue weighted by Gasteiger charge is -2.09. The fourth-order valence-electron chi connectivity index (χ4n) is 2.67. The summed E-state index contributed by atoms with van der Waals surface area (Å²) in [7, 11) is -3.29. The smallest absolute Gasteiger partial charge is 0.326 e. The summed E-state index contributed by atoms with van der Waals surface area (Å²) in [6.45, 7) is 2.03. The zero-order valence-electron chi connectivity index (χ0n) is 14.3. The molecule has 0 saturated heterocycles. The number of imidazole rings is 1. The maximum Gasteiger partial charge on any atom is 0.326 e. The third kappa shape index (κ3) is 3.73. The van der Waals surface area contributed by atoms with Crippen molar-refractivity contribution in [1.82, 2.24) is 9.55 Å². The van der Waals surface area contributed by atoms with Crippen molar-refractivity contribution in [3.63, 3.8) is 0 Å². The number of hydrogen-bond acceptors (Lipinski definition) is 5. The van der Waals surface area contributed by atoms with Crippen LogP contribution in [0.15, 0.2) is 47.4 Å². The molecule has 0 N–H and O–H groups in total. The number of nitrogens with zero attached hydrogens (tertiary/aromatic N) is 2. The molecular weight excluding hydrogens is 376 g/mol. The molecule has 26 heavy (non-hydrogen) atoms. The summed E-state index contributed by atoms with van der Waals surface area (Å²) in [5.74, 6) is 0.158. The molecule has 0 saturated carbocycles. The van der Waals surface area contributed by atoms with Gasteiger partial charge in [-0.2, -0.15) is 0 Å². The lowest BCUT2D eigenvalue weighted by Crippen LogP contribution is -2.14. The van der Waals surface area contributed by atoms with Gasteiger partial charge in [-0.15, -0.1) is 0 Å². The second-order valence-electron chi connectivity index (χ2n) is 5.76. The molecule has 8 heteroatoms. The quantitative estimate of drug-likeness (QED) is 0.622. The van der Waals surface area contributed by atoms with E-state index in [1.807, 2.05) is 0 Å². The monoisotopic (exact) mass is 392 g/mol. The molecule has 136 valence electrons. The first-order chi connectivity index (χ1) is 12.3. The van der Waals surface area contributed by atoms with Crippen LogP contribution in [0.25, 0.3) is 22.4 Å². The molecule has 0 aliphatic carbocycles. The van der Waals surface area contributed by atoms with E-state index in [-0.39, 0.29) is 24.0 Å². The zero-order chi connectivity index (χ0) is 18.9. The number of benzene rings is 2. The SMILES string of the molecule is CCOC(=O)Cn1c(-c2ccc(S(C)(=O)=O)cc2)nc2cc(Cl)ccc21. The minimum Gasteiger partial charge on any atom is -0.465 e. The van der Waals surface area contributed by atoms with Crippen molar-refractivity contribution in [2.75, 3.05) is 12.9 Å². The van der Waals surface area contributed by atoms with E-state index >= 15 is 0 Å². The standard InChI is InChI=1S/C18H17ClN2O4S/c1-3-25-17(22)11-21-16-9-6-13(19)10-15(16)20-18(21)12-4-7-14(8-5-12)26(2,23)24/h4-10H,3,11H2,1-2H3. The van der Waals surface area contributed by atoms with Gasteiger partial charge in [0.05, 0.1) is 22.5 Å². The number of carbonyl (C=O) groups excluding carboxylic acids is 1. The van der Waals surface area contributed by atoms with Crippen LogP contribution < -0.4 is 0 Å². The van der Waals surface area contributed by atoms with Crippen LogP contribution in [0.2, 0.25) is 5.02 Å². The maximum atomic E-state index is 12.0. The number of esters is 1. The molecule has 3 aromatic rings. The largest absolute Gasteiger partial charge is 0.465 e. The molecule has 0 amide bonds. The number of carbonyl (C=O) groups is 1. The van der Waals surface area contributed by atoms with E-state index in [0.29, 0.717) is 21.9 Å². The predicted octanol–water partition coefficient (Wildman–Crippen LogP) is 3.32. The van der Waals surface area contributed by atoms with Gasteiger partial charge in [-0.05, 0) is 49.4 Å². The predicted molar refractivity (Wildman–Crippen MR) is 99.9 cm³/mol. The highest BCUT2D eigenvalue weighted by molar-refractivity contribution is 7.90. The summed E-state index contributed by atoms with van der Waals surface area (Å²) in [5, 5.41) is 0.539. The first-order valence-corrected chi connectivity index (χ1v) is 10.2. The van der Waals surface area contributed by atoms with Gasteiger partial charge in [0.25, 0.3) is 0 Å². The maximum absolute atomic E-state index is 12.0. The van der Waals surface area contributed by atoms with Crippen molar-refractivity contribution >= 4 is 38.4 Å². The Morgan fingerprint density at radius 1 is 1.19 bits per heavy atom.